The number of carbonyl (C=O) groups is 1. The molecule has 2 aromatic carbocycles. The number of aromatic nitrogens is 4. The van der Waals surface area contributed by atoms with Crippen molar-refractivity contribution >= 4 is 5.97 Å². The van der Waals surface area contributed by atoms with Crippen LogP contribution in [0.15, 0.2) is 71.7 Å². The summed E-state index contributed by atoms with van der Waals surface area (Å²) < 4.78 is 3.35. The Morgan fingerprint density at radius 2 is 1.55 bits per heavy atom. The van der Waals surface area contributed by atoms with Gasteiger partial charge in [0.25, 0.3) is 0 Å². The lowest BCUT2D eigenvalue weighted by Gasteiger charge is -2.19. The molecule has 0 aliphatic carbocycles. The van der Waals surface area contributed by atoms with Gasteiger partial charge in [-0.25, -0.2) is 9.48 Å². The van der Waals surface area contributed by atoms with Crippen molar-refractivity contribution in [3.05, 3.63) is 106 Å². The molecule has 4 aromatic rings. The van der Waals surface area contributed by atoms with E-state index in [0.29, 0.717) is 18.8 Å². The van der Waals surface area contributed by atoms with E-state index in [9.17, 15) is 9.59 Å². The first-order valence-corrected chi connectivity index (χ1v) is 13.2. The summed E-state index contributed by atoms with van der Waals surface area (Å²) in [6.45, 7) is 9.63. The number of carboxylic acids is 1. The van der Waals surface area contributed by atoms with Crippen LogP contribution in [0.25, 0.3) is 11.1 Å². The highest BCUT2D eigenvalue weighted by molar-refractivity contribution is 5.70. The fourth-order valence-corrected chi connectivity index (χ4v) is 4.54. The Balaban J connectivity index is 1.37. The minimum atomic E-state index is -0.886. The highest BCUT2D eigenvalue weighted by Crippen LogP contribution is 2.23. The van der Waals surface area contributed by atoms with E-state index in [2.05, 4.69) is 79.4 Å². The van der Waals surface area contributed by atoms with E-state index in [1.165, 1.54) is 11.1 Å². The minimum absolute atomic E-state index is 0.0604. The van der Waals surface area contributed by atoms with E-state index < -0.39 is 5.97 Å². The van der Waals surface area contributed by atoms with E-state index in [1.54, 1.807) is 21.5 Å². The predicted octanol–water partition coefficient (Wildman–Crippen LogP) is 5.27. The molecule has 0 fully saturated rings. The van der Waals surface area contributed by atoms with Crippen molar-refractivity contribution in [2.75, 3.05) is 0 Å². The molecular weight excluding hydrogens is 476 g/mol. The smallest absolute Gasteiger partial charge is 0.346 e. The molecule has 0 unspecified atom stereocenters. The van der Waals surface area contributed by atoms with Crippen molar-refractivity contribution in [2.45, 2.75) is 71.9 Å². The molecular formula is C31H36N4O3. The van der Waals surface area contributed by atoms with Crippen LogP contribution in [0.4, 0.5) is 0 Å². The van der Waals surface area contributed by atoms with Gasteiger partial charge in [-0.05, 0) is 53.5 Å². The van der Waals surface area contributed by atoms with Crippen LogP contribution in [0.1, 0.15) is 62.3 Å². The fourth-order valence-electron chi connectivity index (χ4n) is 4.54. The Bertz CT molecular complexity index is 1430. The highest BCUT2D eigenvalue weighted by atomic mass is 16.4. The molecule has 0 radical (unpaired) electrons. The number of pyridine rings is 1. The fraction of sp³-hybridized carbons (Fsp3) is 0.355. The van der Waals surface area contributed by atoms with Gasteiger partial charge in [0.2, 0.25) is 0 Å². The molecule has 0 aliphatic heterocycles. The normalized spacial score (nSPS) is 11.6. The van der Waals surface area contributed by atoms with Gasteiger partial charge in [-0.15, -0.1) is 0 Å². The summed E-state index contributed by atoms with van der Waals surface area (Å²) >= 11 is 0. The SMILES string of the molecule is CCn1c(CCCc2ccc(-c3ccc(CC(=O)O)nc3)cc2)nn(Cc2ccc(C(C)(C)C)cc2)c1=O. The zero-order valence-electron chi connectivity index (χ0n) is 22.6. The van der Waals surface area contributed by atoms with Gasteiger partial charge in [-0.1, -0.05) is 75.4 Å². The number of aliphatic carboxylic acids is 1. The molecule has 0 bridgehead atoms. The molecule has 7 heteroatoms. The molecule has 0 saturated carbocycles. The van der Waals surface area contributed by atoms with E-state index >= 15 is 0 Å². The zero-order chi connectivity index (χ0) is 27.3. The first-order chi connectivity index (χ1) is 18.1. The van der Waals surface area contributed by atoms with Gasteiger partial charge < -0.3 is 5.11 Å². The number of hydrogen-bond donors (Lipinski definition) is 1. The van der Waals surface area contributed by atoms with Crippen LogP contribution >= 0.6 is 0 Å². The summed E-state index contributed by atoms with van der Waals surface area (Å²) in [4.78, 5) is 28.0. The summed E-state index contributed by atoms with van der Waals surface area (Å²) in [6, 6.07) is 20.4. The van der Waals surface area contributed by atoms with E-state index in [0.717, 1.165) is 41.8 Å². The lowest BCUT2D eigenvalue weighted by molar-refractivity contribution is -0.136. The number of benzene rings is 2. The van der Waals surface area contributed by atoms with E-state index in [-0.39, 0.29) is 17.5 Å². The molecule has 2 aromatic heterocycles. The van der Waals surface area contributed by atoms with E-state index in [4.69, 9.17) is 5.11 Å². The number of aryl methyl sites for hydroxylation is 2. The standard InChI is InChI=1S/C31H36N4O3/c1-5-34-28(33-35(30(34)38)21-23-11-16-26(17-12-23)31(2,3)4)8-6-7-22-9-13-24(14-10-22)25-15-18-27(32-20-25)19-29(36)37/h9-18,20H,5-8,19,21H2,1-4H3,(H,36,37). The molecule has 7 nitrogen and oxygen atoms in total. The van der Waals surface area contributed by atoms with Crippen molar-refractivity contribution in [3.8, 4) is 11.1 Å². The van der Waals surface area contributed by atoms with Crippen molar-refractivity contribution in [3.63, 3.8) is 0 Å². The van der Waals surface area contributed by atoms with Crippen LogP contribution in [0.5, 0.6) is 0 Å². The molecule has 0 spiro atoms. The Morgan fingerprint density at radius 1 is 0.895 bits per heavy atom. The molecule has 0 atom stereocenters. The van der Waals surface area contributed by atoms with Gasteiger partial charge in [-0.2, -0.15) is 5.10 Å². The van der Waals surface area contributed by atoms with Gasteiger partial charge >= 0.3 is 11.7 Å². The second-order valence-corrected chi connectivity index (χ2v) is 10.7. The van der Waals surface area contributed by atoms with Gasteiger partial charge in [0.1, 0.15) is 5.82 Å². The van der Waals surface area contributed by atoms with Crippen LogP contribution in [-0.4, -0.2) is 30.4 Å². The number of hydrogen-bond acceptors (Lipinski definition) is 4. The Hall–Kier alpha value is -4.00. The largest absolute Gasteiger partial charge is 0.481 e. The van der Waals surface area contributed by atoms with Crippen molar-refractivity contribution in [1.29, 1.82) is 0 Å². The van der Waals surface area contributed by atoms with Gasteiger partial charge in [0.05, 0.1) is 18.7 Å². The van der Waals surface area contributed by atoms with Gasteiger partial charge in [-0.3, -0.25) is 14.3 Å². The molecule has 38 heavy (non-hydrogen) atoms. The average molecular weight is 513 g/mol. The second kappa shape index (κ2) is 11.6. The topological polar surface area (TPSA) is 90.0 Å². The molecule has 0 saturated heterocycles. The predicted molar refractivity (Wildman–Crippen MR) is 149 cm³/mol. The molecule has 1 N–H and O–H groups in total. The lowest BCUT2D eigenvalue weighted by atomic mass is 9.87. The summed E-state index contributed by atoms with van der Waals surface area (Å²) in [5.74, 6) is -0.0591. The maximum atomic E-state index is 13.0. The van der Waals surface area contributed by atoms with Crippen LogP contribution < -0.4 is 5.69 Å². The Labute approximate surface area is 223 Å². The zero-order valence-corrected chi connectivity index (χ0v) is 22.6. The molecule has 0 amide bonds. The molecule has 0 aliphatic rings. The average Bonchev–Trinajstić information content (AvgIpc) is 3.18. The maximum Gasteiger partial charge on any atom is 0.346 e. The van der Waals surface area contributed by atoms with E-state index in [1.807, 2.05) is 13.0 Å². The van der Waals surface area contributed by atoms with Crippen molar-refractivity contribution < 1.29 is 9.90 Å². The van der Waals surface area contributed by atoms with Crippen LogP contribution in [0, 0.1) is 0 Å². The summed E-state index contributed by atoms with van der Waals surface area (Å²) in [5, 5.41) is 13.6. The summed E-state index contributed by atoms with van der Waals surface area (Å²) in [7, 11) is 0. The lowest BCUT2D eigenvalue weighted by Crippen LogP contribution is -2.25. The summed E-state index contributed by atoms with van der Waals surface area (Å²) in [6.07, 6.45) is 4.15. The second-order valence-electron chi connectivity index (χ2n) is 10.7. The third kappa shape index (κ3) is 6.65. The van der Waals surface area contributed by atoms with Gasteiger partial charge in [0, 0.05) is 24.7 Å². The maximum absolute atomic E-state index is 13.0. The monoisotopic (exact) mass is 512 g/mol. The Kier molecular flexibility index (Phi) is 8.25. The highest BCUT2D eigenvalue weighted by Gasteiger charge is 2.15. The third-order valence-electron chi connectivity index (χ3n) is 6.78. The van der Waals surface area contributed by atoms with Crippen molar-refractivity contribution in [2.24, 2.45) is 0 Å². The molecule has 4 rings (SSSR count). The van der Waals surface area contributed by atoms with Crippen LogP contribution in [-0.2, 0) is 42.6 Å². The summed E-state index contributed by atoms with van der Waals surface area (Å²) in [5.41, 5.74) is 6.13. The van der Waals surface area contributed by atoms with Gasteiger partial charge in [0.15, 0.2) is 0 Å². The number of rotatable bonds is 10. The quantitative estimate of drug-likeness (QED) is 0.312. The molecule has 198 valence electrons. The number of carboxylic acid groups (broad SMARTS) is 1. The number of nitrogens with zero attached hydrogens (tertiary/aromatic N) is 4. The first kappa shape index (κ1) is 27.0. The molecule has 2 heterocycles. The van der Waals surface area contributed by atoms with Crippen LogP contribution in [0.3, 0.4) is 0 Å². The van der Waals surface area contributed by atoms with Crippen LogP contribution in [0.2, 0.25) is 0 Å². The minimum Gasteiger partial charge on any atom is -0.481 e. The first-order valence-electron chi connectivity index (χ1n) is 13.2. The third-order valence-corrected chi connectivity index (χ3v) is 6.78. The Morgan fingerprint density at radius 3 is 2.13 bits per heavy atom. The van der Waals surface area contributed by atoms with Crippen molar-refractivity contribution in [1.82, 2.24) is 19.3 Å².